The molecule has 0 unspecified atom stereocenters. The number of aromatic nitrogens is 1. The molecule has 2 rings (SSSR count). The second kappa shape index (κ2) is 7.75. The first-order valence-corrected chi connectivity index (χ1v) is 6.56. The second-order valence-electron chi connectivity index (χ2n) is 4.33. The summed E-state index contributed by atoms with van der Waals surface area (Å²) in [6.07, 6.45) is 4.21. The van der Waals surface area contributed by atoms with E-state index in [1.54, 1.807) is 6.07 Å². The molecule has 20 heavy (non-hydrogen) atoms. The van der Waals surface area contributed by atoms with Gasteiger partial charge < -0.3 is 5.21 Å². The van der Waals surface area contributed by atoms with Gasteiger partial charge in [0.1, 0.15) is 5.69 Å². The third-order valence-electron chi connectivity index (χ3n) is 2.79. The van der Waals surface area contributed by atoms with Gasteiger partial charge in [0.2, 0.25) is 0 Å². The van der Waals surface area contributed by atoms with Crippen molar-refractivity contribution in [2.75, 3.05) is 0 Å². The molecular formula is C17H16N2O. The average Bonchev–Trinajstić information content (AvgIpc) is 2.49. The molecule has 0 saturated heterocycles. The van der Waals surface area contributed by atoms with Crippen molar-refractivity contribution < 1.29 is 5.21 Å². The van der Waals surface area contributed by atoms with E-state index in [0.717, 1.165) is 19.3 Å². The van der Waals surface area contributed by atoms with Crippen molar-refractivity contribution in [3.05, 3.63) is 65.5 Å². The van der Waals surface area contributed by atoms with Crippen LogP contribution in [0.25, 0.3) is 0 Å². The summed E-state index contributed by atoms with van der Waals surface area (Å²) in [7, 11) is 0. The van der Waals surface area contributed by atoms with E-state index in [1.165, 1.54) is 11.8 Å². The minimum Gasteiger partial charge on any atom is -0.411 e. The molecule has 0 atom stereocenters. The molecule has 0 aliphatic carbocycles. The Balaban J connectivity index is 1.84. The second-order valence-corrected chi connectivity index (χ2v) is 4.33. The van der Waals surface area contributed by atoms with Crippen LogP contribution in [0.4, 0.5) is 0 Å². The van der Waals surface area contributed by atoms with Gasteiger partial charge in [-0.2, -0.15) is 0 Å². The van der Waals surface area contributed by atoms with Crippen LogP contribution in [0.2, 0.25) is 0 Å². The van der Waals surface area contributed by atoms with Crippen LogP contribution in [0.1, 0.15) is 29.8 Å². The zero-order chi connectivity index (χ0) is 14.0. The summed E-state index contributed by atoms with van der Waals surface area (Å²) in [5.41, 5.74) is 2.64. The molecule has 3 heteroatoms. The summed E-state index contributed by atoms with van der Waals surface area (Å²) in [5, 5.41) is 11.4. The van der Waals surface area contributed by atoms with Crippen LogP contribution < -0.4 is 0 Å². The van der Waals surface area contributed by atoms with E-state index in [2.05, 4.69) is 46.2 Å². The summed E-state index contributed by atoms with van der Waals surface area (Å²) in [6, 6.07) is 15.9. The minimum absolute atomic E-state index is 0.601. The van der Waals surface area contributed by atoms with E-state index >= 15 is 0 Å². The predicted molar refractivity (Wildman–Crippen MR) is 79.9 cm³/mol. The van der Waals surface area contributed by atoms with Crippen LogP contribution in [0, 0.1) is 11.8 Å². The van der Waals surface area contributed by atoms with Crippen LogP contribution >= 0.6 is 0 Å². The Bertz CT molecular complexity index is 624. The molecule has 1 aromatic carbocycles. The standard InChI is InChI=1S/C17H16N2O/c20-18-14-17-13-7-12-16(19-17)11-6-2-5-10-15-8-3-1-4-9-15/h1,3-4,7-9,12-14,20H,2,5,10H2. The highest BCUT2D eigenvalue weighted by Gasteiger charge is 1.92. The Morgan fingerprint density at radius 2 is 1.95 bits per heavy atom. The number of hydrogen-bond acceptors (Lipinski definition) is 3. The largest absolute Gasteiger partial charge is 0.411 e. The third kappa shape index (κ3) is 4.58. The lowest BCUT2D eigenvalue weighted by Gasteiger charge is -1.97. The fraction of sp³-hybridized carbons (Fsp3) is 0.176. The third-order valence-corrected chi connectivity index (χ3v) is 2.79. The molecule has 1 heterocycles. The van der Waals surface area contributed by atoms with Gasteiger partial charge in [0.05, 0.1) is 11.9 Å². The quantitative estimate of drug-likeness (QED) is 0.303. The van der Waals surface area contributed by atoms with Crippen LogP contribution in [0.15, 0.2) is 53.7 Å². The van der Waals surface area contributed by atoms with Crippen molar-refractivity contribution in [2.45, 2.75) is 19.3 Å². The van der Waals surface area contributed by atoms with Gasteiger partial charge in [0, 0.05) is 6.42 Å². The van der Waals surface area contributed by atoms with Crippen LogP contribution in [-0.4, -0.2) is 16.4 Å². The molecule has 1 aromatic heterocycles. The Hall–Kier alpha value is -2.60. The molecule has 0 aliphatic rings. The average molecular weight is 264 g/mol. The highest BCUT2D eigenvalue weighted by Crippen LogP contribution is 2.04. The SMILES string of the molecule is ON=Cc1cccc(C#CCCCc2ccccc2)n1. The van der Waals surface area contributed by atoms with E-state index in [0.29, 0.717) is 11.4 Å². The van der Waals surface area contributed by atoms with Crippen molar-refractivity contribution in [3.63, 3.8) is 0 Å². The van der Waals surface area contributed by atoms with Crippen molar-refractivity contribution in [1.82, 2.24) is 4.98 Å². The van der Waals surface area contributed by atoms with Gasteiger partial charge in [-0.05, 0) is 36.5 Å². The van der Waals surface area contributed by atoms with Gasteiger partial charge >= 0.3 is 0 Å². The highest BCUT2D eigenvalue weighted by molar-refractivity contribution is 5.76. The Morgan fingerprint density at radius 3 is 2.75 bits per heavy atom. The van der Waals surface area contributed by atoms with Crippen LogP contribution in [0.3, 0.4) is 0 Å². The molecule has 100 valence electrons. The number of pyridine rings is 1. The van der Waals surface area contributed by atoms with Crippen molar-refractivity contribution in [2.24, 2.45) is 5.16 Å². The maximum atomic E-state index is 8.46. The van der Waals surface area contributed by atoms with Crippen LogP contribution in [-0.2, 0) is 6.42 Å². The van der Waals surface area contributed by atoms with Gasteiger partial charge in [-0.15, -0.1) is 0 Å². The highest BCUT2D eigenvalue weighted by atomic mass is 16.4. The number of aryl methyl sites for hydroxylation is 1. The molecule has 0 saturated carbocycles. The molecule has 0 spiro atoms. The van der Waals surface area contributed by atoms with Crippen molar-refractivity contribution in [1.29, 1.82) is 0 Å². The van der Waals surface area contributed by atoms with Crippen LogP contribution in [0.5, 0.6) is 0 Å². The number of unbranched alkanes of at least 4 members (excludes halogenated alkanes) is 1. The van der Waals surface area contributed by atoms with E-state index in [1.807, 2.05) is 18.2 Å². The number of rotatable bonds is 4. The summed E-state index contributed by atoms with van der Waals surface area (Å²) in [6.45, 7) is 0. The summed E-state index contributed by atoms with van der Waals surface area (Å²) in [4.78, 5) is 4.24. The lowest BCUT2D eigenvalue weighted by Crippen LogP contribution is -1.90. The molecule has 2 aromatic rings. The number of oxime groups is 1. The molecule has 3 nitrogen and oxygen atoms in total. The summed E-state index contributed by atoms with van der Waals surface area (Å²) >= 11 is 0. The Kier molecular flexibility index (Phi) is 5.36. The first kappa shape index (κ1) is 13.8. The first-order chi connectivity index (χ1) is 9.88. The van der Waals surface area contributed by atoms with E-state index in [-0.39, 0.29) is 0 Å². The Labute approximate surface area is 119 Å². The molecule has 0 aliphatic heterocycles. The molecule has 0 radical (unpaired) electrons. The normalized spacial score (nSPS) is 10.2. The van der Waals surface area contributed by atoms with Gasteiger partial charge in [-0.25, -0.2) is 4.98 Å². The van der Waals surface area contributed by atoms with E-state index < -0.39 is 0 Å². The lowest BCUT2D eigenvalue weighted by atomic mass is 10.1. The molecule has 0 bridgehead atoms. The molecule has 0 fully saturated rings. The maximum Gasteiger partial charge on any atom is 0.113 e. The van der Waals surface area contributed by atoms with E-state index in [9.17, 15) is 0 Å². The van der Waals surface area contributed by atoms with Gasteiger partial charge in [0.25, 0.3) is 0 Å². The van der Waals surface area contributed by atoms with Crippen molar-refractivity contribution in [3.8, 4) is 11.8 Å². The molecular weight excluding hydrogens is 248 g/mol. The van der Waals surface area contributed by atoms with Gasteiger partial charge in [-0.1, -0.05) is 47.5 Å². The topological polar surface area (TPSA) is 45.5 Å². The smallest absolute Gasteiger partial charge is 0.113 e. The number of benzene rings is 1. The predicted octanol–water partition coefficient (Wildman–Crippen LogP) is 3.26. The zero-order valence-electron chi connectivity index (χ0n) is 11.2. The fourth-order valence-electron chi connectivity index (χ4n) is 1.83. The fourth-order valence-corrected chi connectivity index (χ4v) is 1.83. The van der Waals surface area contributed by atoms with Gasteiger partial charge in [-0.3, -0.25) is 0 Å². The molecule has 1 N–H and O–H groups in total. The van der Waals surface area contributed by atoms with E-state index in [4.69, 9.17) is 5.21 Å². The molecule has 0 amide bonds. The summed E-state index contributed by atoms with van der Waals surface area (Å²) in [5.74, 6) is 6.15. The zero-order valence-corrected chi connectivity index (χ0v) is 11.2. The van der Waals surface area contributed by atoms with Gasteiger partial charge in [0.15, 0.2) is 0 Å². The maximum absolute atomic E-state index is 8.46. The van der Waals surface area contributed by atoms with Crippen molar-refractivity contribution >= 4 is 6.21 Å². The lowest BCUT2D eigenvalue weighted by molar-refractivity contribution is 0.321. The number of hydrogen-bond donors (Lipinski definition) is 1. The number of nitrogens with zero attached hydrogens (tertiary/aromatic N) is 2. The first-order valence-electron chi connectivity index (χ1n) is 6.56. The monoisotopic (exact) mass is 264 g/mol. The minimum atomic E-state index is 0.601. The summed E-state index contributed by atoms with van der Waals surface area (Å²) < 4.78 is 0. The Morgan fingerprint density at radius 1 is 1.10 bits per heavy atom.